The predicted molar refractivity (Wildman–Crippen MR) is 102 cm³/mol. The fourth-order valence-electron chi connectivity index (χ4n) is 2.98. The molecular weight excluding hydrogens is 320 g/mol. The van der Waals surface area contributed by atoms with Crippen LogP contribution in [0.1, 0.15) is 42.1 Å². The molecule has 0 aliphatic heterocycles. The molecule has 0 spiro atoms. The Kier molecular flexibility index (Phi) is 6.03. The van der Waals surface area contributed by atoms with E-state index in [0.717, 1.165) is 22.4 Å². The molecular formula is C20H25ClN2O. The first-order chi connectivity index (χ1) is 11.3. The maximum absolute atomic E-state index is 12.5. The van der Waals surface area contributed by atoms with Gasteiger partial charge in [0.2, 0.25) is 5.91 Å². The van der Waals surface area contributed by atoms with Crippen LogP contribution >= 0.6 is 11.6 Å². The quantitative estimate of drug-likeness (QED) is 0.806. The Hall–Kier alpha value is -1.84. The van der Waals surface area contributed by atoms with Gasteiger partial charge in [-0.1, -0.05) is 47.5 Å². The molecule has 3 nitrogen and oxygen atoms in total. The van der Waals surface area contributed by atoms with Crippen molar-refractivity contribution in [3.8, 4) is 0 Å². The molecule has 2 unspecified atom stereocenters. The smallest absolute Gasteiger partial charge is 0.241 e. The predicted octanol–water partition coefficient (Wildman–Crippen LogP) is 4.94. The molecule has 24 heavy (non-hydrogen) atoms. The van der Waals surface area contributed by atoms with Crippen LogP contribution < -0.4 is 10.6 Å². The lowest BCUT2D eigenvalue weighted by Crippen LogP contribution is -2.39. The van der Waals surface area contributed by atoms with Crippen LogP contribution in [0.4, 0.5) is 5.69 Å². The van der Waals surface area contributed by atoms with Crippen LogP contribution in [-0.4, -0.2) is 11.9 Å². The van der Waals surface area contributed by atoms with E-state index >= 15 is 0 Å². The van der Waals surface area contributed by atoms with E-state index in [2.05, 4.69) is 29.7 Å². The number of carbonyl (C=O) groups excluding carboxylic acids is 1. The first kappa shape index (κ1) is 18.5. The molecule has 2 aromatic rings. The second kappa shape index (κ2) is 7.82. The van der Waals surface area contributed by atoms with Crippen molar-refractivity contribution in [3.05, 3.63) is 63.7 Å². The van der Waals surface area contributed by atoms with E-state index in [1.54, 1.807) is 0 Å². The topological polar surface area (TPSA) is 41.1 Å². The van der Waals surface area contributed by atoms with E-state index in [1.807, 2.05) is 52.0 Å². The summed E-state index contributed by atoms with van der Waals surface area (Å²) in [7, 11) is 0. The molecule has 2 N–H and O–H groups in total. The Morgan fingerprint density at radius 3 is 2.21 bits per heavy atom. The van der Waals surface area contributed by atoms with Crippen molar-refractivity contribution in [2.75, 3.05) is 5.32 Å². The highest BCUT2D eigenvalue weighted by molar-refractivity contribution is 6.31. The van der Waals surface area contributed by atoms with E-state index in [0.29, 0.717) is 5.02 Å². The summed E-state index contributed by atoms with van der Waals surface area (Å²) in [6.45, 7) is 9.95. The molecule has 128 valence electrons. The van der Waals surface area contributed by atoms with E-state index in [4.69, 9.17) is 11.6 Å². The molecule has 0 aromatic heterocycles. The maximum Gasteiger partial charge on any atom is 0.241 e. The summed E-state index contributed by atoms with van der Waals surface area (Å²) in [6.07, 6.45) is 0. The molecule has 0 radical (unpaired) electrons. The average molecular weight is 345 g/mol. The third-order valence-electron chi connectivity index (χ3n) is 4.19. The monoisotopic (exact) mass is 344 g/mol. The molecule has 0 aliphatic rings. The maximum atomic E-state index is 12.5. The molecule has 0 aliphatic carbocycles. The van der Waals surface area contributed by atoms with Gasteiger partial charge >= 0.3 is 0 Å². The third-order valence-corrected chi connectivity index (χ3v) is 4.53. The number of aryl methyl sites for hydroxylation is 3. The van der Waals surface area contributed by atoms with Crippen LogP contribution in [0.15, 0.2) is 36.4 Å². The molecule has 4 heteroatoms. The lowest BCUT2D eigenvalue weighted by Gasteiger charge is -2.22. The number of rotatable bonds is 5. The molecule has 0 saturated heterocycles. The zero-order valence-electron chi connectivity index (χ0n) is 14.9. The Morgan fingerprint density at radius 2 is 1.62 bits per heavy atom. The van der Waals surface area contributed by atoms with Gasteiger partial charge in [-0.05, 0) is 57.4 Å². The van der Waals surface area contributed by atoms with Crippen molar-refractivity contribution in [2.45, 2.75) is 46.7 Å². The van der Waals surface area contributed by atoms with Gasteiger partial charge in [0.1, 0.15) is 0 Å². The lowest BCUT2D eigenvalue weighted by molar-refractivity contribution is -0.117. The first-order valence-corrected chi connectivity index (χ1v) is 8.56. The van der Waals surface area contributed by atoms with E-state index < -0.39 is 0 Å². The van der Waals surface area contributed by atoms with E-state index in [-0.39, 0.29) is 18.0 Å². The second-order valence-electron chi connectivity index (χ2n) is 6.39. The Bertz CT molecular complexity index is 719. The molecule has 0 bridgehead atoms. The van der Waals surface area contributed by atoms with Gasteiger partial charge in [-0.2, -0.15) is 0 Å². The highest BCUT2D eigenvalue weighted by atomic mass is 35.5. The van der Waals surface area contributed by atoms with Gasteiger partial charge in [-0.25, -0.2) is 0 Å². The second-order valence-corrected chi connectivity index (χ2v) is 6.80. The van der Waals surface area contributed by atoms with Crippen LogP contribution in [0.3, 0.4) is 0 Å². The third kappa shape index (κ3) is 4.37. The van der Waals surface area contributed by atoms with Gasteiger partial charge in [-0.3, -0.25) is 10.1 Å². The Morgan fingerprint density at radius 1 is 1.04 bits per heavy atom. The van der Waals surface area contributed by atoms with Gasteiger partial charge in [0.05, 0.1) is 6.04 Å². The molecule has 1 amide bonds. The van der Waals surface area contributed by atoms with Crippen LogP contribution in [-0.2, 0) is 4.79 Å². The Balaban J connectivity index is 2.07. The molecule has 2 aromatic carbocycles. The zero-order valence-corrected chi connectivity index (χ0v) is 15.7. The van der Waals surface area contributed by atoms with Gasteiger partial charge in [0.25, 0.3) is 0 Å². The van der Waals surface area contributed by atoms with Crippen LogP contribution in [0.5, 0.6) is 0 Å². The molecule has 0 saturated carbocycles. The summed E-state index contributed by atoms with van der Waals surface area (Å²) in [4.78, 5) is 12.5. The fraction of sp³-hybridized carbons (Fsp3) is 0.350. The number of hydrogen-bond donors (Lipinski definition) is 2. The number of nitrogens with one attached hydrogen (secondary N) is 2. The highest BCUT2D eigenvalue weighted by Crippen LogP contribution is 2.24. The number of halogens is 1. The van der Waals surface area contributed by atoms with E-state index in [9.17, 15) is 4.79 Å². The van der Waals surface area contributed by atoms with Gasteiger partial charge < -0.3 is 5.32 Å². The molecule has 0 heterocycles. The average Bonchev–Trinajstić information content (AvgIpc) is 2.50. The minimum absolute atomic E-state index is 0.0142. The molecule has 2 atom stereocenters. The number of carbonyl (C=O) groups is 1. The van der Waals surface area contributed by atoms with Crippen molar-refractivity contribution < 1.29 is 4.79 Å². The summed E-state index contributed by atoms with van der Waals surface area (Å²) >= 11 is 6.23. The SMILES string of the molecule is Cc1cc(C)c(NC(=O)C(C)NC(C)c2ccccc2Cl)c(C)c1. The molecule has 0 fully saturated rings. The van der Waals surface area contributed by atoms with Gasteiger partial charge in [0.15, 0.2) is 0 Å². The number of benzene rings is 2. The standard InChI is InChI=1S/C20H25ClN2O/c1-12-10-13(2)19(14(3)11-12)23-20(24)16(5)22-15(4)17-8-6-7-9-18(17)21/h6-11,15-16,22H,1-5H3,(H,23,24). The number of hydrogen-bond acceptors (Lipinski definition) is 2. The summed E-state index contributed by atoms with van der Waals surface area (Å²) < 4.78 is 0. The van der Waals surface area contributed by atoms with Crippen LogP contribution in [0, 0.1) is 20.8 Å². The summed E-state index contributed by atoms with van der Waals surface area (Å²) in [6, 6.07) is 11.5. The minimum Gasteiger partial charge on any atom is -0.324 e. The normalized spacial score (nSPS) is 13.4. The highest BCUT2D eigenvalue weighted by Gasteiger charge is 2.19. The van der Waals surface area contributed by atoms with Crippen molar-refractivity contribution in [1.82, 2.24) is 5.32 Å². The van der Waals surface area contributed by atoms with E-state index in [1.165, 1.54) is 5.56 Å². The zero-order chi connectivity index (χ0) is 17.9. The van der Waals surface area contributed by atoms with Gasteiger partial charge in [0, 0.05) is 16.8 Å². The van der Waals surface area contributed by atoms with Crippen molar-refractivity contribution >= 4 is 23.2 Å². The van der Waals surface area contributed by atoms with Crippen LogP contribution in [0.2, 0.25) is 5.02 Å². The van der Waals surface area contributed by atoms with Crippen molar-refractivity contribution in [1.29, 1.82) is 0 Å². The van der Waals surface area contributed by atoms with Crippen LogP contribution in [0.25, 0.3) is 0 Å². The number of anilines is 1. The summed E-state index contributed by atoms with van der Waals surface area (Å²) in [5, 5.41) is 7.06. The largest absolute Gasteiger partial charge is 0.324 e. The minimum atomic E-state index is -0.337. The Labute approximate surface area is 149 Å². The number of amides is 1. The lowest BCUT2D eigenvalue weighted by atomic mass is 10.0. The van der Waals surface area contributed by atoms with Crippen molar-refractivity contribution in [2.24, 2.45) is 0 Å². The summed E-state index contributed by atoms with van der Waals surface area (Å²) in [5.74, 6) is -0.0519. The van der Waals surface area contributed by atoms with Crippen molar-refractivity contribution in [3.63, 3.8) is 0 Å². The first-order valence-electron chi connectivity index (χ1n) is 8.18. The molecule has 2 rings (SSSR count). The van der Waals surface area contributed by atoms with Gasteiger partial charge in [-0.15, -0.1) is 0 Å². The fourth-order valence-corrected chi connectivity index (χ4v) is 3.27. The summed E-state index contributed by atoms with van der Waals surface area (Å²) in [5.41, 5.74) is 5.23.